The van der Waals surface area contributed by atoms with Gasteiger partial charge >= 0.3 is 12.1 Å². The van der Waals surface area contributed by atoms with Crippen LogP contribution in [0.4, 0.5) is 15.0 Å². The number of likely N-dealkylation sites (tertiary alicyclic amines) is 1. The predicted molar refractivity (Wildman–Crippen MR) is 149 cm³/mol. The molecule has 2 bridgehead atoms. The molecule has 1 aromatic carbocycles. The maximum atomic E-state index is 15.5. The maximum absolute atomic E-state index is 15.5. The van der Waals surface area contributed by atoms with E-state index in [0.717, 1.165) is 52.1 Å². The average molecular weight is 621 g/mol. The van der Waals surface area contributed by atoms with Crippen molar-refractivity contribution in [1.29, 1.82) is 0 Å². The molecule has 3 atom stereocenters. The molecule has 2 aromatic rings. The Balaban J connectivity index is 1.19. The van der Waals surface area contributed by atoms with Gasteiger partial charge in [0.1, 0.15) is 29.3 Å². The number of anilines is 1. The third-order valence-corrected chi connectivity index (χ3v) is 9.29. The van der Waals surface area contributed by atoms with E-state index in [-0.39, 0.29) is 45.6 Å². The molecule has 4 aliphatic heterocycles. The molecule has 12 heteroatoms. The Morgan fingerprint density at radius 1 is 1.23 bits per heavy atom. The number of halogens is 2. The first-order chi connectivity index (χ1) is 19.1. The fraction of sp³-hybridized carbons (Fsp3) is 0.679. The van der Waals surface area contributed by atoms with Gasteiger partial charge in [0, 0.05) is 31.6 Å². The number of piperazine rings is 1. The van der Waals surface area contributed by atoms with Crippen molar-refractivity contribution in [3.05, 3.63) is 16.4 Å². The minimum Gasteiger partial charge on any atom is -0.490 e. The van der Waals surface area contributed by atoms with Crippen LogP contribution in [0.15, 0.2) is 10.5 Å². The van der Waals surface area contributed by atoms with Crippen molar-refractivity contribution in [3.63, 3.8) is 0 Å². The van der Waals surface area contributed by atoms with E-state index in [2.05, 4.69) is 30.7 Å². The lowest BCUT2D eigenvalue weighted by molar-refractivity contribution is 0.0167. The number of amides is 1. The molecule has 10 nitrogen and oxygen atoms in total. The first-order valence-electron chi connectivity index (χ1n) is 14.1. The van der Waals surface area contributed by atoms with Crippen molar-refractivity contribution >= 4 is 38.7 Å². The van der Waals surface area contributed by atoms with Crippen LogP contribution in [0, 0.1) is 11.2 Å². The van der Waals surface area contributed by atoms with Gasteiger partial charge in [0.15, 0.2) is 5.82 Å². The lowest BCUT2D eigenvalue weighted by Crippen LogP contribution is -2.57. The van der Waals surface area contributed by atoms with Gasteiger partial charge in [0.05, 0.1) is 47.8 Å². The zero-order chi connectivity index (χ0) is 27.8. The highest BCUT2D eigenvalue weighted by Gasteiger charge is 2.55. The highest BCUT2D eigenvalue weighted by atomic mass is 79.9. The van der Waals surface area contributed by atoms with E-state index in [1.165, 1.54) is 0 Å². The van der Waals surface area contributed by atoms with Gasteiger partial charge in [0.2, 0.25) is 0 Å². The number of fused-ring (bicyclic) bond motifs is 6. The quantitative estimate of drug-likeness (QED) is 0.493. The lowest BCUT2D eigenvalue weighted by atomic mass is 10.1. The summed E-state index contributed by atoms with van der Waals surface area (Å²) in [5.41, 5.74) is -0.337. The van der Waals surface area contributed by atoms with Gasteiger partial charge in [-0.25, -0.2) is 9.18 Å². The number of rotatable bonds is 5. The molecule has 1 aliphatic carbocycles. The minimum absolute atomic E-state index is 0.00539. The van der Waals surface area contributed by atoms with Gasteiger partial charge in [-0.05, 0) is 62.0 Å². The van der Waals surface area contributed by atoms with E-state index >= 15 is 4.39 Å². The molecule has 40 heavy (non-hydrogen) atoms. The van der Waals surface area contributed by atoms with Crippen LogP contribution < -0.4 is 14.4 Å². The van der Waals surface area contributed by atoms with Crippen molar-refractivity contribution < 1.29 is 28.1 Å². The van der Waals surface area contributed by atoms with Crippen LogP contribution >= 0.6 is 15.9 Å². The topological polar surface area (TPSA) is 89.5 Å². The average Bonchev–Trinajstić information content (AvgIpc) is 3.45. The molecule has 0 spiro atoms. The van der Waals surface area contributed by atoms with E-state index < -0.39 is 11.4 Å². The predicted octanol–water partition coefficient (Wildman–Crippen LogP) is 3.98. The number of carbonyl (C=O) groups is 1. The van der Waals surface area contributed by atoms with Crippen LogP contribution in [0.3, 0.4) is 0 Å². The summed E-state index contributed by atoms with van der Waals surface area (Å²) in [6.45, 7) is 11.3. The molecule has 5 aliphatic rings. The maximum Gasteiger partial charge on any atom is 0.410 e. The number of aromatic nitrogens is 2. The van der Waals surface area contributed by atoms with E-state index in [1.807, 2.05) is 25.7 Å². The van der Waals surface area contributed by atoms with Gasteiger partial charge in [0.25, 0.3) is 0 Å². The highest BCUT2D eigenvalue weighted by Crippen LogP contribution is 2.49. The summed E-state index contributed by atoms with van der Waals surface area (Å²) in [6, 6.07) is 1.57. The zero-order valence-corrected chi connectivity index (χ0v) is 24.7. The highest BCUT2D eigenvalue weighted by molar-refractivity contribution is 9.10. The molecule has 5 heterocycles. The Morgan fingerprint density at radius 2 is 2.00 bits per heavy atom. The second kappa shape index (κ2) is 9.55. The Bertz CT molecular complexity index is 1340. The second-order valence-corrected chi connectivity index (χ2v) is 13.6. The van der Waals surface area contributed by atoms with E-state index in [9.17, 15) is 4.79 Å². The Hall–Kier alpha value is -2.44. The van der Waals surface area contributed by atoms with Gasteiger partial charge in [-0.1, -0.05) is 0 Å². The fourth-order valence-electron chi connectivity index (χ4n) is 6.61. The molecule has 7 rings (SSSR count). The number of benzene rings is 1. The monoisotopic (exact) mass is 619 g/mol. The van der Waals surface area contributed by atoms with Gasteiger partial charge < -0.3 is 28.7 Å². The standard InChI is InChI=1S/C28H35BrFN5O5/c1-27(2,3)40-26(36)34-12-16-10-18(34)19-13-38-20-11-17(29)22(30)23-21(20)24(35(16)19)32-25(31-23)39-15-28(4-5-28)14-33-6-8-37-9-7-33/h11,16,18-19H,4-10,12-15H2,1-3H3/t16-,18-,19-/m0/s1. The summed E-state index contributed by atoms with van der Waals surface area (Å²) < 4.78 is 39.5. The number of morpholine rings is 1. The summed E-state index contributed by atoms with van der Waals surface area (Å²) in [5, 5.41) is 0.543. The number of ether oxygens (including phenoxy) is 4. The molecule has 216 valence electrons. The second-order valence-electron chi connectivity index (χ2n) is 12.8. The molecular formula is C28H35BrFN5O5. The summed E-state index contributed by atoms with van der Waals surface area (Å²) in [6.07, 6.45) is 2.62. The molecule has 1 saturated carbocycles. The number of hydrogen-bond acceptors (Lipinski definition) is 9. The molecule has 1 aromatic heterocycles. The van der Waals surface area contributed by atoms with Crippen molar-refractivity contribution in [1.82, 2.24) is 19.8 Å². The normalized spacial score (nSPS) is 26.9. The largest absolute Gasteiger partial charge is 0.490 e. The lowest BCUT2D eigenvalue weighted by Gasteiger charge is -2.40. The summed E-state index contributed by atoms with van der Waals surface area (Å²) in [7, 11) is 0. The first kappa shape index (κ1) is 26.5. The Kier molecular flexibility index (Phi) is 6.32. The third-order valence-electron chi connectivity index (χ3n) is 8.72. The molecule has 1 amide bonds. The molecule has 0 N–H and O–H groups in total. The van der Waals surface area contributed by atoms with E-state index in [0.29, 0.717) is 36.7 Å². The SMILES string of the molecule is CC(C)(C)OC(=O)N1C[C@@H]2C[C@H]1[C@@H]1COc3cc(Br)c(F)c4nc(OCC5(CN6CCOCC6)CC5)nc(c34)N21. The van der Waals surface area contributed by atoms with Crippen LogP contribution in [0.5, 0.6) is 11.8 Å². The number of nitrogens with zero attached hydrogens (tertiary/aromatic N) is 5. The van der Waals surface area contributed by atoms with Gasteiger partial charge in [-0.3, -0.25) is 4.90 Å². The van der Waals surface area contributed by atoms with Crippen LogP contribution in [0.25, 0.3) is 10.9 Å². The van der Waals surface area contributed by atoms with Crippen molar-refractivity contribution in [3.8, 4) is 11.8 Å². The Morgan fingerprint density at radius 3 is 2.73 bits per heavy atom. The van der Waals surface area contributed by atoms with E-state index in [4.69, 9.17) is 23.9 Å². The summed E-state index contributed by atoms with van der Waals surface area (Å²) >= 11 is 3.34. The van der Waals surface area contributed by atoms with Crippen LogP contribution in [-0.2, 0) is 9.47 Å². The zero-order valence-electron chi connectivity index (χ0n) is 23.1. The van der Waals surface area contributed by atoms with Crippen LogP contribution in [-0.4, -0.2) is 102 Å². The number of carbonyl (C=O) groups excluding carboxylic acids is 1. The molecular weight excluding hydrogens is 585 g/mol. The minimum atomic E-state index is -0.579. The summed E-state index contributed by atoms with van der Waals surface area (Å²) in [4.78, 5) is 28.9. The van der Waals surface area contributed by atoms with Crippen molar-refractivity contribution in [2.75, 3.05) is 57.5 Å². The Labute approximate surface area is 241 Å². The van der Waals surface area contributed by atoms with Gasteiger partial charge in [-0.2, -0.15) is 9.97 Å². The van der Waals surface area contributed by atoms with Crippen molar-refractivity contribution in [2.24, 2.45) is 5.41 Å². The molecule has 0 unspecified atom stereocenters. The molecule has 0 radical (unpaired) electrons. The number of hydrogen-bond donors (Lipinski definition) is 0. The summed E-state index contributed by atoms with van der Waals surface area (Å²) in [5.74, 6) is 0.662. The molecule has 4 fully saturated rings. The van der Waals surface area contributed by atoms with Gasteiger partial charge in [-0.15, -0.1) is 0 Å². The van der Waals surface area contributed by atoms with Crippen molar-refractivity contribution in [2.45, 2.75) is 63.8 Å². The fourth-order valence-corrected chi connectivity index (χ4v) is 7.01. The smallest absolute Gasteiger partial charge is 0.410 e. The first-order valence-corrected chi connectivity index (χ1v) is 14.9. The van der Waals surface area contributed by atoms with Crippen LogP contribution in [0.2, 0.25) is 0 Å². The van der Waals surface area contributed by atoms with Crippen LogP contribution in [0.1, 0.15) is 40.0 Å². The third kappa shape index (κ3) is 4.65. The van der Waals surface area contributed by atoms with E-state index in [1.54, 1.807) is 6.07 Å². The molecule has 3 saturated heterocycles.